The molecule has 0 saturated carbocycles. The van der Waals surface area contributed by atoms with Crippen LogP contribution in [0, 0.1) is 0 Å². The van der Waals surface area contributed by atoms with E-state index in [9.17, 15) is 9.59 Å². The van der Waals surface area contributed by atoms with E-state index in [1.165, 1.54) is 0 Å². The number of hydrogen-bond acceptors (Lipinski definition) is 2. The largest absolute Gasteiger partial charge is 0.368 e. The molecule has 2 N–H and O–H groups in total. The van der Waals surface area contributed by atoms with Crippen LogP contribution in [0.5, 0.6) is 0 Å². The summed E-state index contributed by atoms with van der Waals surface area (Å²) >= 11 is 0. The molecular weight excluding hydrogens is 324 g/mol. The second-order valence-corrected chi connectivity index (χ2v) is 6.73. The zero-order valence-corrected chi connectivity index (χ0v) is 14.4. The zero-order chi connectivity index (χ0) is 18.1. The highest BCUT2D eigenvalue weighted by Gasteiger charge is 2.33. The van der Waals surface area contributed by atoms with Crippen molar-refractivity contribution >= 4 is 22.6 Å². The molecule has 1 heterocycles. The van der Waals surface area contributed by atoms with Crippen LogP contribution in [0.25, 0.3) is 10.8 Å². The monoisotopic (exact) mass is 344 g/mol. The number of nitrogens with two attached hydrogens (primary N) is 1. The Morgan fingerprint density at radius 3 is 2.42 bits per heavy atom. The molecule has 3 aromatic rings. The van der Waals surface area contributed by atoms with E-state index in [1.807, 2.05) is 66.7 Å². The Kier molecular flexibility index (Phi) is 4.17. The molecule has 1 atom stereocenters. The maximum absolute atomic E-state index is 13.1. The normalized spacial score (nSPS) is 16.3. The molecule has 4 rings (SSSR count). The number of amides is 2. The van der Waals surface area contributed by atoms with Crippen molar-refractivity contribution < 1.29 is 9.59 Å². The Balaban J connectivity index is 1.65. The lowest BCUT2D eigenvalue weighted by atomic mass is 9.92. The Morgan fingerprint density at radius 2 is 1.62 bits per heavy atom. The molecule has 0 unspecified atom stereocenters. The predicted octanol–water partition coefficient (Wildman–Crippen LogP) is 2.82. The van der Waals surface area contributed by atoms with E-state index in [4.69, 9.17) is 5.73 Å². The maximum atomic E-state index is 13.1. The van der Waals surface area contributed by atoms with Gasteiger partial charge in [0.15, 0.2) is 0 Å². The molecule has 0 aromatic heterocycles. The lowest BCUT2D eigenvalue weighted by molar-refractivity contribution is -0.140. The summed E-state index contributed by atoms with van der Waals surface area (Å²) in [7, 11) is 0. The van der Waals surface area contributed by atoms with Gasteiger partial charge >= 0.3 is 0 Å². The van der Waals surface area contributed by atoms with Crippen LogP contribution in [-0.2, 0) is 29.0 Å². The average molecular weight is 344 g/mol. The van der Waals surface area contributed by atoms with Crippen molar-refractivity contribution in [2.45, 2.75) is 25.4 Å². The van der Waals surface area contributed by atoms with Gasteiger partial charge in [-0.05, 0) is 27.5 Å². The van der Waals surface area contributed by atoms with Gasteiger partial charge in [-0.3, -0.25) is 9.59 Å². The van der Waals surface area contributed by atoms with Crippen LogP contribution in [0.2, 0.25) is 0 Å². The second kappa shape index (κ2) is 6.64. The third-order valence-corrected chi connectivity index (χ3v) is 5.12. The standard InChI is InChI=1S/C22H20N2O2/c23-22(26)20-12-16-7-1-2-8-18(16)14-24(20)21(25)13-17-10-5-9-15-6-3-4-11-19(15)17/h1-11,20H,12-14H2,(H2,23,26)/t20-/m1/s1. The smallest absolute Gasteiger partial charge is 0.240 e. The van der Waals surface area contributed by atoms with E-state index in [-0.39, 0.29) is 12.3 Å². The highest BCUT2D eigenvalue weighted by Crippen LogP contribution is 2.25. The second-order valence-electron chi connectivity index (χ2n) is 6.73. The fourth-order valence-electron chi connectivity index (χ4n) is 3.75. The summed E-state index contributed by atoms with van der Waals surface area (Å²) < 4.78 is 0. The van der Waals surface area contributed by atoms with Gasteiger partial charge in [-0.1, -0.05) is 66.7 Å². The van der Waals surface area contributed by atoms with Crippen molar-refractivity contribution in [3.8, 4) is 0 Å². The molecule has 0 radical (unpaired) electrons. The van der Waals surface area contributed by atoms with Crippen molar-refractivity contribution in [1.82, 2.24) is 4.90 Å². The first-order valence-electron chi connectivity index (χ1n) is 8.75. The maximum Gasteiger partial charge on any atom is 0.240 e. The van der Waals surface area contributed by atoms with Crippen molar-refractivity contribution in [1.29, 1.82) is 0 Å². The number of primary amides is 1. The molecule has 4 heteroatoms. The fraction of sp³-hybridized carbons (Fsp3) is 0.182. The number of fused-ring (bicyclic) bond motifs is 2. The Hall–Kier alpha value is -3.14. The summed E-state index contributed by atoms with van der Waals surface area (Å²) in [5, 5.41) is 2.17. The number of carbonyl (C=O) groups excluding carboxylic acids is 2. The van der Waals surface area contributed by atoms with Gasteiger partial charge in [0.2, 0.25) is 11.8 Å². The Morgan fingerprint density at radius 1 is 0.923 bits per heavy atom. The molecule has 1 aliphatic rings. The summed E-state index contributed by atoms with van der Waals surface area (Å²) in [6.07, 6.45) is 0.736. The molecule has 1 aliphatic heterocycles. The molecule has 0 fully saturated rings. The van der Waals surface area contributed by atoms with Crippen LogP contribution < -0.4 is 5.73 Å². The van der Waals surface area contributed by atoms with Gasteiger partial charge in [0.1, 0.15) is 6.04 Å². The van der Waals surface area contributed by atoms with Gasteiger partial charge in [-0.2, -0.15) is 0 Å². The number of nitrogens with zero attached hydrogens (tertiary/aromatic N) is 1. The van der Waals surface area contributed by atoms with E-state index >= 15 is 0 Å². The van der Waals surface area contributed by atoms with Crippen LogP contribution in [-0.4, -0.2) is 22.8 Å². The summed E-state index contributed by atoms with van der Waals surface area (Å²) in [4.78, 5) is 26.7. The highest BCUT2D eigenvalue weighted by atomic mass is 16.2. The predicted molar refractivity (Wildman–Crippen MR) is 101 cm³/mol. The van der Waals surface area contributed by atoms with E-state index < -0.39 is 11.9 Å². The van der Waals surface area contributed by atoms with Crippen LogP contribution in [0.15, 0.2) is 66.7 Å². The van der Waals surface area contributed by atoms with Crippen molar-refractivity contribution in [2.75, 3.05) is 0 Å². The molecule has 0 saturated heterocycles. The third kappa shape index (κ3) is 2.94. The summed E-state index contributed by atoms with van der Waals surface area (Å²) in [5.41, 5.74) is 8.74. The van der Waals surface area contributed by atoms with E-state index in [0.29, 0.717) is 13.0 Å². The molecule has 3 aromatic carbocycles. The van der Waals surface area contributed by atoms with Gasteiger partial charge in [-0.15, -0.1) is 0 Å². The van der Waals surface area contributed by atoms with Gasteiger partial charge in [0.25, 0.3) is 0 Å². The minimum Gasteiger partial charge on any atom is -0.368 e. The van der Waals surface area contributed by atoms with Crippen molar-refractivity contribution in [3.63, 3.8) is 0 Å². The summed E-state index contributed by atoms with van der Waals surface area (Å²) in [6, 6.07) is 21.3. The zero-order valence-electron chi connectivity index (χ0n) is 14.4. The van der Waals surface area contributed by atoms with E-state index in [1.54, 1.807) is 4.90 Å². The van der Waals surface area contributed by atoms with Gasteiger partial charge in [0.05, 0.1) is 6.42 Å². The minimum absolute atomic E-state index is 0.0698. The van der Waals surface area contributed by atoms with Crippen LogP contribution in [0.1, 0.15) is 16.7 Å². The molecule has 130 valence electrons. The van der Waals surface area contributed by atoms with Crippen molar-refractivity contribution in [3.05, 3.63) is 83.4 Å². The average Bonchev–Trinajstić information content (AvgIpc) is 2.67. The first-order valence-corrected chi connectivity index (χ1v) is 8.75. The lowest BCUT2D eigenvalue weighted by Gasteiger charge is -2.35. The molecule has 4 nitrogen and oxygen atoms in total. The molecule has 0 bridgehead atoms. The summed E-state index contributed by atoms with van der Waals surface area (Å²) in [6.45, 7) is 0.424. The van der Waals surface area contributed by atoms with Crippen LogP contribution in [0.3, 0.4) is 0 Å². The third-order valence-electron chi connectivity index (χ3n) is 5.12. The molecular formula is C22H20N2O2. The van der Waals surface area contributed by atoms with Gasteiger partial charge in [0, 0.05) is 13.0 Å². The summed E-state index contributed by atoms with van der Waals surface area (Å²) in [5.74, 6) is -0.523. The van der Waals surface area contributed by atoms with Crippen molar-refractivity contribution in [2.24, 2.45) is 5.73 Å². The number of benzene rings is 3. The van der Waals surface area contributed by atoms with Crippen LogP contribution in [0.4, 0.5) is 0 Å². The highest BCUT2D eigenvalue weighted by molar-refractivity contribution is 5.92. The Bertz CT molecular complexity index is 991. The first-order chi connectivity index (χ1) is 12.6. The lowest BCUT2D eigenvalue weighted by Crippen LogP contribution is -2.51. The SMILES string of the molecule is NC(=O)[C@H]1Cc2ccccc2CN1C(=O)Cc1cccc2ccccc12. The fourth-order valence-corrected chi connectivity index (χ4v) is 3.75. The Labute approximate surface area is 152 Å². The van der Waals surface area contributed by atoms with Gasteiger partial charge in [-0.25, -0.2) is 0 Å². The first kappa shape index (κ1) is 16.3. The number of hydrogen-bond donors (Lipinski definition) is 1. The molecule has 2 amide bonds. The topological polar surface area (TPSA) is 63.4 Å². The number of rotatable bonds is 3. The van der Waals surface area contributed by atoms with Crippen LogP contribution >= 0.6 is 0 Å². The molecule has 0 aliphatic carbocycles. The minimum atomic E-state index is -0.590. The molecule has 26 heavy (non-hydrogen) atoms. The molecule has 0 spiro atoms. The number of carbonyl (C=O) groups is 2. The quantitative estimate of drug-likeness (QED) is 0.794. The van der Waals surface area contributed by atoms with Gasteiger partial charge < -0.3 is 10.6 Å². The van der Waals surface area contributed by atoms with E-state index in [2.05, 4.69) is 0 Å². The van der Waals surface area contributed by atoms with E-state index in [0.717, 1.165) is 27.5 Å².